The van der Waals surface area contributed by atoms with Crippen molar-refractivity contribution in [3.8, 4) is 0 Å². The van der Waals surface area contributed by atoms with Gasteiger partial charge in [-0.05, 0) is 18.9 Å². The lowest BCUT2D eigenvalue weighted by Gasteiger charge is -2.23. The normalized spacial score (nSPS) is 10.7. The van der Waals surface area contributed by atoms with Gasteiger partial charge in [0.1, 0.15) is 0 Å². The molecule has 0 aliphatic rings. The van der Waals surface area contributed by atoms with Crippen molar-refractivity contribution >= 4 is 11.8 Å². The summed E-state index contributed by atoms with van der Waals surface area (Å²) in [6, 6.07) is 0. The number of hydrogen-bond donors (Lipinski definition) is 1. The first-order chi connectivity index (χ1) is 14.7. The first kappa shape index (κ1) is 28.7. The number of carbonyl (C=O) groups excluding carboxylic acids is 2. The van der Waals surface area contributed by atoms with Crippen molar-refractivity contribution in [3.63, 3.8) is 0 Å². The number of hydrogen-bond acceptors (Lipinski definition) is 2. The van der Waals surface area contributed by atoms with Crippen molar-refractivity contribution < 1.29 is 9.59 Å². The van der Waals surface area contributed by atoms with Gasteiger partial charge in [-0.25, -0.2) is 0 Å². The number of nitrogens with zero attached hydrogens (tertiary/aromatic N) is 1. The highest BCUT2D eigenvalue weighted by atomic mass is 16.2. The molecule has 0 rings (SSSR count). The van der Waals surface area contributed by atoms with Gasteiger partial charge in [0.25, 0.3) is 0 Å². The molecule has 30 heavy (non-hydrogen) atoms. The van der Waals surface area contributed by atoms with Crippen LogP contribution >= 0.6 is 0 Å². The van der Waals surface area contributed by atoms with E-state index in [0.29, 0.717) is 13.0 Å². The first-order valence-electron chi connectivity index (χ1n) is 12.8. The Kier molecular flexibility index (Phi) is 21.4. The zero-order valence-corrected chi connectivity index (χ0v) is 20.2. The van der Waals surface area contributed by atoms with E-state index in [1.54, 1.807) is 0 Å². The Hall–Kier alpha value is -1.32. The van der Waals surface area contributed by atoms with E-state index in [1.807, 2.05) is 4.90 Å². The zero-order chi connectivity index (χ0) is 22.3. The molecule has 0 saturated heterocycles. The number of nitrogens with one attached hydrogen (secondary N) is 1. The van der Waals surface area contributed by atoms with E-state index in [1.165, 1.54) is 96.0 Å². The Morgan fingerprint density at radius 1 is 0.700 bits per heavy atom. The summed E-state index contributed by atoms with van der Waals surface area (Å²) < 4.78 is 0. The third-order valence-electron chi connectivity index (χ3n) is 5.74. The summed E-state index contributed by atoms with van der Waals surface area (Å²) in [5.41, 5.74) is 0. The van der Waals surface area contributed by atoms with Crippen LogP contribution < -0.4 is 5.32 Å². The van der Waals surface area contributed by atoms with E-state index in [0.717, 1.165) is 25.9 Å². The highest BCUT2D eigenvalue weighted by Crippen LogP contribution is 2.12. The van der Waals surface area contributed by atoms with Gasteiger partial charge < -0.3 is 10.2 Å². The van der Waals surface area contributed by atoms with E-state index in [2.05, 4.69) is 25.7 Å². The molecule has 0 aliphatic heterocycles. The van der Waals surface area contributed by atoms with Crippen molar-refractivity contribution in [1.29, 1.82) is 0 Å². The van der Waals surface area contributed by atoms with Gasteiger partial charge in [0, 0.05) is 26.1 Å². The predicted molar refractivity (Wildman–Crippen MR) is 130 cm³/mol. The maximum absolute atomic E-state index is 12.6. The van der Waals surface area contributed by atoms with Gasteiger partial charge in [0.2, 0.25) is 11.8 Å². The fraction of sp³-hybridized carbons (Fsp3) is 0.846. The van der Waals surface area contributed by atoms with Crippen LogP contribution in [-0.4, -0.2) is 36.3 Å². The van der Waals surface area contributed by atoms with Gasteiger partial charge in [0.15, 0.2) is 0 Å². The van der Waals surface area contributed by atoms with Crippen LogP contribution in [0.2, 0.25) is 0 Å². The topological polar surface area (TPSA) is 49.4 Å². The molecule has 0 unspecified atom stereocenters. The van der Waals surface area contributed by atoms with E-state index in [-0.39, 0.29) is 11.8 Å². The van der Waals surface area contributed by atoms with Crippen LogP contribution in [0.25, 0.3) is 0 Å². The van der Waals surface area contributed by atoms with Crippen LogP contribution in [0.5, 0.6) is 0 Å². The van der Waals surface area contributed by atoms with Crippen LogP contribution in [0, 0.1) is 0 Å². The minimum Gasteiger partial charge on any atom is -0.352 e. The van der Waals surface area contributed by atoms with Crippen LogP contribution in [0.1, 0.15) is 123 Å². The Labute approximate surface area is 187 Å². The lowest BCUT2D eigenvalue weighted by atomic mass is 10.1. The van der Waals surface area contributed by atoms with Crippen LogP contribution in [0.4, 0.5) is 0 Å². The van der Waals surface area contributed by atoms with Gasteiger partial charge in [-0.3, -0.25) is 9.59 Å². The molecule has 0 bridgehead atoms. The van der Waals surface area contributed by atoms with Crippen molar-refractivity contribution in [2.75, 3.05) is 19.6 Å². The summed E-state index contributed by atoms with van der Waals surface area (Å²) in [4.78, 5) is 26.0. The smallest absolute Gasteiger partial charge is 0.243 e. The number of unbranched alkanes of at least 4 members (excludes halogenated alkanes) is 14. The standard InChI is InChI=1S/C26H50N2O2/c1-4-7-9-11-13-15-17-19-23-28(26(30)21-22-27-25(29)6-3)24-20-18-16-14-12-10-8-5-2/h6H,3-5,7-24H2,1-2H3,(H,27,29). The molecule has 0 heterocycles. The second-order valence-electron chi connectivity index (χ2n) is 8.58. The van der Waals surface area contributed by atoms with E-state index >= 15 is 0 Å². The van der Waals surface area contributed by atoms with Crippen LogP contribution in [0.15, 0.2) is 12.7 Å². The molecule has 0 aromatic heterocycles. The maximum atomic E-state index is 12.6. The molecular weight excluding hydrogens is 372 g/mol. The average molecular weight is 423 g/mol. The molecule has 0 radical (unpaired) electrons. The Balaban J connectivity index is 4.10. The molecular formula is C26H50N2O2. The quantitative estimate of drug-likeness (QED) is 0.154. The van der Waals surface area contributed by atoms with E-state index in [4.69, 9.17) is 0 Å². The molecule has 0 saturated carbocycles. The molecule has 2 amide bonds. The molecule has 0 atom stereocenters. The minimum absolute atomic E-state index is 0.172. The van der Waals surface area contributed by atoms with Gasteiger partial charge in [-0.15, -0.1) is 0 Å². The summed E-state index contributed by atoms with van der Waals surface area (Å²) in [6.07, 6.45) is 22.1. The zero-order valence-electron chi connectivity index (χ0n) is 20.2. The molecule has 4 heteroatoms. The Morgan fingerprint density at radius 2 is 1.10 bits per heavy atom. The van der Waals surface area contributed by atoms with Gasteiger partial charge in [-0.1, -0.05) is 110 Å². The second-order valence-corrected chi connectivity index (χ2v) is 8.58. The molecule has 1 N–H and O–H groups in total. The summed E-state index contributed by atoms with van der Waals surface area (Å²) in [7, 11) is 0. The predicted octanol–water partition coefficient (Wildman–Crippen LogP) is 6.79. The lowest BCUT2D eigenvalue weighted by molar-refractivity contribution is -0.131. The Bertz CT molecular complexity index is 403. The lowest BCUT2D eigenvalue weighted by Crippen LogP contribution is -2.35. The highest BCUT2D eigenvalue weighted by Gasteiger charge is 2.13. The van der Waals surface area contributed by atoms with E-state index < -0.39 is 0 Å². The highest BCUT2D eigenvalue weighted by molar-refractivity contribution is 5.87. The number of amides is 2. The molecule has 0 fully saturated rings. The monoisotopic (exact) mass is 422 g/mol. The fourth-order valence-electron chi connectivity index (χ4n) is 3.76. The molecule has 0 aromatic rings. The Morgan fingerprint density at radius 3 is 1.50 bits per heavy atom. The second kappa shape index (κ2) is 22.4. The minimum atomic E-state index is -0.208. The number of carbonyl (C=O) groups is 2. The van der Waals surface area contributed by atoms with Crippen LogP contribution in [0.3, 0.4) is 0 Å². The molecule has 0 aromatic carbocycles. The van der Waals surface area contributed by atoms with Crippen molar-refractivity contribution in [3.05, 3.63) is 12.7 Å². The largest absolute Gasteiger partial charge is 0.352 e. The summed E-state index contributed by atoms with van der Waals surface area (Å²) in [6.45, 7) is 10.1. The maximum Gasteiger partial charge on any atom is 0.243 e. The van der Waals surface area contributed by atoms with Gasteiger partial charge in [0.05, 0.1) is 0 Å². The van der Waals surface area contributed by atoms with Crippen molar-refractivity contribution in [2.45, 2.75) is 123 Å². The van der Waals surface area contributed by atoms with Crippen LogP contribution in [-0.2, 0) is 9.59 Å². The SMILES string of the molecule is C=CC(=O)NCCC(=O)N(CCCCCCCCCC)CCCCCCCCCC. The van der Waals surface area contributed by atoms with E-state index in [9.17, 15) is 9.59 Å². The molecule has 4 nitrogen and oxygen atoms in total. The van der Waals surface area contributed by atoms with Gasteiger partial charge >= 0.3 is 0 Å². The fourth-order valence-corrected chi connectivity index (χ4v) is 3.76. The first-order valence-corrected chi connectivity index (χ1v) is 12.8. The summed E-state index contributed by atoms with van der Waals surface area (Å²) >= 11 is 0. The van der Waals surface area contributed by atoms with Gasteiger partial charge in [-0.2, -0.15) is 0 Å². The summed E-state index contributed by atoms with van der Waals surface area (Å²) in [5, 5.41) is 2.72. The summed E-state index contributed by atoms with van der Waals surface area (Å²) in [5.74, 6) is -0.0363. The third-order valence-corrected chi connectivity index (χ3v) is 5.74. The third kappa shape index (κ3) is 18.7. The number of rotatable bonds is 22. The molecule has 0 aliphatic carbocycles. The van der Waals surface area contributed by atoms with Crippen molar-refractivity contribution in [2.24, 2.45) is 0 Å². The average Bonchev–Trinajstić information content (AvgIpc) is 2.75. The van der Waals surface area contributed by atoms with Crippen molar-refractivity contribution in [1.82, 2.24) is 10.2 Å². The molecule has 176 valence electrons. The molecule has 0 spiro atoms.